The van der Waals surface area contributed by atoms with Crippen molar-refractivity contribution >= 4 is 34.9 Å². The van der Waals surface area contributed by atoms with Crippen LogP contribution in [0, 0.1) is 0 Å². The van der Waals surface area contributed by atoms with Gasteiger partial charge in [-0.1, -0.05) is 35.9 Å². The van der Waals surface area contributed by atoms with Gasteiger partial charge in [-0.3, -0.25) is 14.5 Å². The molecule has 164 valence electrons. The number of para-hydroxylation sites is 1. The molecule has 7 heteroatoms. The summed E-state index contributed by atoms with van der Waals surface area (Å²) in [6, 6.07) is 17.9. The second kappa shape index (κ2) is 9.01. The van der Waals surface area contributed by atoms with Gasteiger partial charge in [-0.2, -0.15) is 0 Å². The molecule has 2 aromatic carbocycles. The van der Waals surface area contributed by atoms with Gasteiger partial charge in [0.25, 0.3) is 5.91 Å². The van der Waals surface area contributed by atoms with Crippen LogP contribution in [-0.2, 0) is 4.79 Å². The number of aromatic nitrogens is 1. The monoisotopic (exact) mass is 449 g/mol. The fourth-order valence-electron chi connectivity index (χ4n) is 4.28. The number of halogens is 1. The Kier molecular flexibility index (Phi) is 6.15. The van der Waals surface area contributed by atoms with Gasteiger partial charge < -0.3 is 9.64 Å². The first-order valence-electron chi connectivity index (χ1n) is 10.4. The summed E-state index contributed by atoms with van der Waals surface area (Å²) in [6.07, 6.45) is 2.10. The molecule has 0 radical (unpaired) electrons. The molecule has 2 unspecified atom stereocenters. The van der Waals surface area contributed by atoms with Crippen molar-refractivity contribution in [2.45, 2.75) is 32.4 Å². The van der Waals surface area contributed by atoms with E-state index in [1.54, 1.807) is 47.2 Å². The predicted molar refractivity (Wildman–Crippen MR) is 125 cm³/mol. The molecule has 2 heterocycles. The van der Waals surface area contributed by atoms with Crippen molar-refractivity contribution in [3.63, 3.8) is 0 Å². The zero-order chi connectivity index (χ0) is 22.8. The molecule has 2 atom stereocenters. The lowest BCUT2D eigenvalue weighted by Crippen LogP contribution is -2.47. The fourth-order valence-corrected chi connectivity index (χ4v) is 4.39. The summed E-state index contributed by atoms with van der Waals surface area (Å²) in [5.41, 5.74) is 2.23. The summed E-state index contributed by atoms with van der Waals surface area (Å²) in [5.74, 6) is 0.922. The molecule has 3 aromatic rings. The molecule has 1 aromatic heterocycles. The molecule has 0 saturated heterocycles. The van der Waals surface area contributed by atoms with Gasteiger partial charge in [0.15, 0.2) is 0 Å². The van der Waals surface area contributed by atoms with E-state index in [4.69, 9.17) is 16.3 Å². The van der Waals surface area contributed by atoms with Crippen LogP contribution in [0.25, 0.3) is 0 Å². The van der Waals surface area contributed by atoms with Crippen molar-refractivity contribution in [3.8, 4) is 5.75 Å². The van der Waals surface area contributed by atoms with E-state index in [9.17, 15) is 9.59 Å². The van der Waals surface area contributed by atoms with Crippen LogP contribution in [0.3, 0.4) is 0 Å². The van der Waals surface area contributed by atoms with Crippen LogP contribution in [0.4, 0.5) is 11.5 Å². The Morgan fingerprint density at radius 1 is 1.12 bits per heavy atom. The van der Waals surface area contributed by atoms with Gasteiger partial charge in [0.1, 0.15) is 11.6 Å². The summed E-state index contributed by atoms with van der Waals surface area (Å²) in [4.78, 5) is 34.1. The minimum Gasteiger partial charge on any atom is -0.497 e. The van der Waals surface area contributed by atoms with E-state index in [0.717, 1.165) is 11.3 Å². The van der Waals surface area contributed by atoms with Gasteiger partial charge in [0.05, 0.1) is 18.2 Å². The first-order valence-corrected chi connectivity index (χ1v) is 10.8. The molecule has 6 nitrogen and oxygen atoms in total. The Labute approximate surface area is 192 Å². The maximum absolute atomic E-state index is 13.5. The van der Waals surface area contributed by atoms with Crippen LogP contribution in [0.15, 0.2) is 66.9 Å². The predicted octanol–water partition coefficient (Wildman–Crippen LogP) is 5.28. The van der Waals surface area contributed by atoms with Crippen LogP contribution in [0.5, 0.6) is 5.75 Å². The standard InChI is InChI=1S/C25H24ClN3O3/c1-16-13-23(29(17(2)30)24-12-11-19(26)15-27-24)21-9-4-5-10-22(21)28(16)25(31)18-7-6-8-20(14-18)32-3/h4-12,14-16,23H,13H2,1-3H3. The number of benzene rings is 2. The Bertz CT molecular complexity index is 1150. The van der Waals surface area contributed by atoms with Crippen LogP contribution in [-0.4, -0.2) is 29.9 Å². The summed E-state index contributed by atoms with van der Waals surface area (Å²) in [5, 5.41) is 0.504. The average Bonchev–Trinajstić information content (AvgIpc) is 2.80. The highest BCUT2D eigenvalue weighted by Crippen LogP contribution is 2.42. The first kappa shape index (κ1) is 21.8. The topological polar surface area (TPSA) is 62.7 Å². The van der Waals surface area contributed by atoms with Crippen molar-refractivity contribution in [1.29, 1.82) is 0 Å². The molecule has 0 fully saturated rings. The number of fused-ring (bicyclic) bond motifs is 1. The first-order chi connectivity index (χ1) is 15.4. The molecule has 0 bridgehead atoms. The number of methoxy groups -OCH3 is 1. The number of pyridine rings is 1. The number of ether oxygens (including phenoxy) is 1. The number of hydrogen-bond donors (Lipinski definition) is 0. The number of carbonyl (C=O) groups excluding carboxylic acids is 2. The largest absolute Gasteiger partial charge is 0.497 e. The summed E-state index contributed by atoms with van der Waals surface area (Å²) >= 11 is 6.00. The minimum absolute atomic E-state index is 0.110. The van der Waals surface area contributed by atoms with Gasteiger partial charge >= 0.3 is 0 Å². The average molecular weight is 450 g/mol. The molecule has 0 N–H and O–H groups in total. The van der Waals surface area contributed by atoms with E-state index in [2.05, 4.69) is 4.98 Å². The molecular formula is C25H24ClN3O3. The molecule has 1 aliphatic rings. The molecular weight excluding hydrogens is 426 g/mol. The smallest absolute Gasteiger partial charge is 0.258 e. The van der Waals surface area contributed by atoms with Crippen LogP contribution in [0.1, 0.15) is 42.2 Å². The minimum atomic E-state index is -0.262. The highest BCUT2D eigenvalue weighted by Gasteiger charge is 2.38. The molecule has 32 heavy (non-hydrogen) atoms. The van der Waals surface area contributed by atoms with Gasteiger partial charge in [-0.05, 0) is 55.3 Å². The normalized spacial score (nSPS) is 17.4. The molecule has 4 rings (SSSR count). The highest BCUT2D eigenvalue weighted by molar-refractivity contribution is 6.30. The van der Waals surface area contributed by atoms with Crippen molar-refractivity contribution in [3.05, 3.63) is 83.0 Å². The maximum atomic E-state index is 13.5. The van der Waals surface area contributed by atoms with Gasteiger partial charge in [-0.15, -0.1) is 0 Å². The quantitative estimate of drug-likeness (QED) is 0.543. The zero-order valence-electron chi connectivity index (χ0n) is 18.2. The summed E-state index contributed by atoms with van der Waals surface area (Å²) in [6.45, 7) is 3.52. The molecule has 0 aliphatic carbocycles. The number of anilines is 2. The zero-order valence-corrected chi connectivity index (χ0v) is 18.9. The second-order valence-corrected chi connectivity index (χ2v) is 8.23. The van der Waals surface area contributed by atoms with Crippen LogP contribution in [0.2, 0.25) is 5.02 Å². The molecule has 0 saturated carbocycles. The van der Waals surface area contributed by atoms with Crippen molar-refractivity contribution < 1.29 is 14.3 Å². The lowest BCUT2D eigenvalue weighted by atomic mass is 9.89. The third-order valence-corrected chi connectivity index (χ3v) is 5.93. The van der Waals surface area contributed by atoms with E-state index in [1.807, 2.05) is 37.3 Å². The number of nitrogens with zero attached hydrogens (tertiary/aromatic N) is 3. The third-order valence-electron chi connectivity index (χ3n) is 5.71. The van der Waals surface area contributed by atoms with E-state index < -0.39 is 0 Å². The van der Waals surface area contributed by atoms with Gasteiger partial charge in [0, 0.05) is 30.4 Å². The lowest BCUT2D eigenvalue weighted by Gasteiger charge is -2.43. The highest BCUT2D eigenvalue weighted by atomic mass is 35.5. The van der Waals surface area contributed by atoms with Gasteiger partial charge in [-0.25, -0.2) is 4.98 Å². The number of amides is 2. The Morgan fingerprint density at radius 3 is 2.59 bits per heavy atom. The molecule has 1 aliphatic heterocycles. The molecule has 2 amide bonds. The van der Waals surface area contributed by atoms with Crippen molar-refractivity contribution in [1.82, 2.24) is 4.98 Å². The van der Waals surface area contributed by atoms with Crippen LogP contribution >= 0.6 is 11.6 Å². The lowest BCUT2D eigenvalue weighted by molar-refractivity contribution is -0.117. The number of carbonyl (C=O) groups is 2. The van der Waals surface area contributed by atoms with E-state index in [-0.39, 0.29) is 23.9 Å². The van der Waals surface area contributed by atoms with Crippen LogP contribution < -0.4 is 14.5 Å². The summed E-state index contributed by atoms with van der Waals surface area (Å²) < 4.78 is 5.29. The Morgan fingerprint density at radius 2 is 1.91 bits per heavy atom. The second-order valence-electron chi connectivity index (χ2n) is 7.79. The van der Waals surface area contributed by atoms with Crippen molar-refractivity contribution in [2.24, 2.45) is 0 Å². The Hall–Kier alpha value is -3.38. The van der Waals surface area contributed by atoms with E-state index in [0.29, 0.717) is 28.6 Å². The SMILES string of the molecule is COc1cccc(C(=O)N2c3ccccc3C(N(C(C)=O)c3ccc(Cl)cn3)CC2C)c1. The van der Waals surface area contributed by atoms with Crippen molar-refractivity contribution in [2.75, 3.05) is 16.9 Å². The molecule has 0 spiro atoms. The van der Waals surface area contributed by atoms with Gasteiger partial charge in [0.2, 0.25) is 5.91 Å². The third kappa shape index (κ3) is 4.06. The maximum Gasteiger partial charge on any atom is 0.258 e. The Balaban J connectivity index is 1.77. The van der Waals surface area contributed by atoms with E-state index >= 15 is 0 Å². The number of rotatable bonds is 4. The van der Waals surface area contributed by atoms with E-state index in [1.165, 1.54) is 13.1 Å². The summed E-state index contributed by atoms with van der Waals surface area (Å²) in [7, 11) is 1.58. The fraction of sp³-hybridized carbons (Fsp3) is 0.240. The number of hydrogen-bond acceptors (Lipinski definition) is 4.